The van der Waals surface area contributed by atoms with Crippen LogP contribution in [0.15, 0.2) is 0 Å². The van der Waals surface area contributed by atoms with Crippen molar-refractivity contribution in [2.75, 3.05) is 5.32 Å². The van der Waals surface area contributed by atoms with Crippen LogP contribution in [0.4, 0.5) is 5.82 Å². The first-order valence-electron chi connectivity index (χ1n) is 5.71. The van der Waals surface area contributed by atoms with Gasteiger partial charge in [-0.1, -0.05) is 6.92 Å². The lowest BCUT2D eigenvalue weighted by atomic mass is 10.1. The monoisotopic (exact) mass is 248 g/mol. The molecule has 96 valence electrons. The van der Waals surface area contributed by atoms with Crippen molar-refractivity contribution < 1.29 is 9.90 Å². The fourth-order valence-electron chi connectivity index (χ4n) is 1.55. The van der Waals surface area contributed by atoms with Crippen molar-refractivity contribution in [1.29, 1.82) is 5.26 Å². The first-order valence-corrected chi connectivity index (χ1v) is 5.71. The van der Waals surface area contributed by atoms with Crippen LogP contribution < -0.4 is 5.32 Å². The van der Waals surface area contributed by atoms with Gasteiger partial charge in [-0.25, -0.2) is 0 Å². The molecule has 0 spiro atoms. The number of nitrogens with one attached hydrogen (secondary N) is 1. The summed E-state index contributed by atoms with van der Waals surface area (Å²) in [5, 5.41) is 28.7. The molecule has 1 atom stereocenters. The molecule has 2 N–H and O–H groups in total. The van der Waals surface area contributed by atoms with Gasteiger partial charge in [0.15, 0.2) is 5.82 Å². The van der Waals surface area contributed by atoms with E-state index in [1.807, 2.05) is 6.92 Å². The van der Waals surface area contributed by atoms with E-state index in [2.05, 4.69) is 21.6 Å². The third-order valence-electron chi connectivity index (χ3n) is 2.82. The predicted octanol–water partition coefficient (Wildman–Crippen LogP) is 1.63. The molecule has 0 fully saturated rings. The molecule has 0 aromatic carbocycles. The number of aliphatic carboxylic acids is 1. The zero-order valence-electron chi connectivity index (χ0n) is 10.7. The molecule has 1 rings (SSSR count). The van der Waals surface area contributed by atoms with Crippen molar-refractivity contribution in [3.63, 3.8) is 0 Å². The van der Waals surface area contributed by atoms with Gasteiger partial charge in [-0.15, -0.1) is 5.10 Å². The van der Waals surface area contributed by atoms with Crippen molar-refractivity contribution >= 4 is 11.8 Å². The van der Waals surface area contributed by atoms with Crippen LogP contribution in [0.1, 0.15) is 36.6 Å². The lowest BCUT2D eigenvalue weighted by Crippen LogP contribution is -2.24. The number of aryl methyl sites for hydroxylation is 1. The quantitative estimate of drug-likeness (QED) is 0.821. The summed E-state index contributed by atoms with van der Waals surface area (Å²) in [6.45, 7) is 5.45. The Hall–Kier alpha value is -2.16. The smallest absolute Gasteiger partial charge is 0.305 e. The molecular formula is C12H16N4O2. The molecule has 1 unspecified atom stereocenters. The number of carbonyl (C=O) groups is 1. The van der Waals surface area contributed by atoms with Crippen LogP contribution in [0, 0.1) is 25.2 Å². The molecule has 6 heteroatoms. The summed E-state index contributed by atoms with van der Waals surface area (Å²) in [6, 6.07) is 1.82. The van der Waals surface area contributed by atoms with E-state index in [0.29, 0.717) is 23.5 Å². The van der Waals surface area contributed by atoms with E-state index >= 15 is 0 Å². The number of carboxylic acids is 1. The van der Waals surface area contributed by atoms with Gasteiger partial charge in [0.05, 0.1) is 12.1 Å². The Kier molecular flexibility index (Phi) is 4.60. The number of nitriles is 1. The topological polar surface area (TPSA) is 98.9 Å². The highest BCUT2D eigenvalue weighted by atomic mass is 16.4. The molecule has 0 radical (unpaired) electrons. The van der Waals surface area contributed by atoms with Gasteiger partial charge < -0.3 is 10.4 Å². The first-order chi connectivity index (χ1) is 8.49. The number of anilines is 1. The average molecular weight is 248 g/mol. The Morgan fingerprint density at radius 2 is 2.17 bits per heavy atom. The Labute approximate surface area is 106 Å². The van der Waals surface area contributed by atoms with Crippen LogP contribution in [0.25, 0.3) is 0 Å². The number of aromatic nitrogens is 2. The maximum atomic E-state index is 10.7. The molecule has 6 nitrogen and oxygen atoms in total. The third-order valence-corrected chi connectivity index (χ3v) is 2.82. The summed E-state index contributed by atoms with van der Waals surface area (Å²) in [6.07, 6.45) is 0.613. The SMILES string of the molecule is CCC(CC(=O)O)Nc1nnc(C)c(C)c1C#N. The molecule has 0 aliphatic rings. The zero-order valence-corrected chi connectivity index (χ0v) is 10.7. The lowest BCUT2D eigenvalue weighted by molar-refractivity contribution is -0.137. The van der Waals surface area contributed by atoms with Gasteiger partial charge in [-0.3, -0.25) is 4.79 Å². The van der Waals surface area contributed by atoms with Crippen LogP contribution in [0.3, 0.4) is 0 Å². The Balaban J connectivity index is 3.00. The highest BCUT2D eigenvalue weighted by molar-refractivity contribution is 5.68. The van der Waals surface area contributed by atoms with Crippen molar-refractivity contribution in [2.45, 2.75) is 39.7 Å². The van der Waals surface area contributed by atoms with E-state index in [1.54, 1.807) is 13.8 Å². The van der Waals surface area contributed by atoms with Crippen molar-refractivity contribution in [1.82, 2.24) is 10.2 Å². The van der Waals surface area contributed by atoms with Crippen molar-refractivity contribution in [3.05, 3.63) is 16.8 Å². The molecular weight excluding hydrogens is 232 g/mol. The maximum Gasteiger partial charge on any atom is 0.305 e. The molecule has 0 saturated heterocycles. The summed E-state index contributed by atoms with van der Waals surface area (Å²) >= 11 is 0. The Morgan fingerprint density at radius 1 is 1.50 bits per heavy atom. The minimum atomic E-state index is -0.885. The lowest BCUT2D eigenvalue weighted by Gasteiger charge is -2.16. The van der Waals surface area contributed by atoms with E-state index in [1.165, 1.54) is 0 Å². The summed E-state index contributed by atoms with van der Waals surface area (Å²) in [4.78, 5) is 10.7. The number of hydrogen-bond acceptors (Lipinski definition) is 5. The normalized spacial score (nSPS) is 11.7. The molecule has 0 aliphatic carbocycles. The van der Waals surface area contributed by atoms with Crippen molar-refractivity contribution in [2.24, 2.45) is 0 Å². The van der Waals surface area contributed by atoms with Crippen LogP contribution in [-0.4, -0.2) is 27.3 Å². The van der Waals surface area contributed by atoms with E-state index in [9.17, 15) is 4.79 Å². The number of hydrogen-bond donors (Lipinski definition) is 2. The fraction of sp³-hybridized carbons (Fsp3) is 0.500. The molecule has 0 saturated carbocycles. The molecule has 1 heterocycles. The summed E-state index contributed by atoms with van der Waals surface area (Å²) < 4.78 is 0. The van der Waals surface area contributed by atoms with Gasteiger partial charge in [-0.05, 0) is 25.8 Å². The number of carboxylic acid groups (broad SMARTS) is 1. The molecule has 1 aromatic rings. The van der Waals surface area contributed by atoms with Crippen LogP contribution in [-0.2, 0) is 4.79 Å². The van der Waals surface area contributed by atoms with E-state index in [0.717, 1.165) is 5.56 Å². The molecule has 0 aliphatic heterocycles. The molecule has 0 amide bonds. The predicted molar refractivity (Wildman–Crippen MR) is 66.2 cm³/mol. The van der Waals surface area contributed by atoms with Gasteiger partial charge in [-0.2, -0.15) is 10.4 Å². The Morgan fingerprint density at radius 3 is 2.67 bits per heavy atom. The van der Waals surface area contributed by atoms with E-state index < -0.39 is 5.97 Å². The van der Waals surface area contributed by atoms with Gasteiger partial charge in [0, 0.05) is 6.04 Å². The molecule has 18 heavy (non-hydrogen) atoms. The minimum absolute atomic E-state index is 0.0179. The average Bonchev–Trinajstić information content (AvgIpc) is 2.32. The third kappa shape index (κ3) is 3.17. The fourth-order valence-corrected chi connectivity index (χ4v) is 1.55. The number of nitrogens with zero attached hydrogens (tertiary/aromatic N) is 3. The maximum absolute atomic E-state index is 10.7. The second-order valence-corrected chi connectivity index (χ2v) is 4.09. The highest BCUT2D eigenvalue weighted by Gasteiger charge is 2.16. The first kappa shape index (κ1) is 13.9. The standard InChI is InChI=1S/C12H16N4O2/c1-4-9(5-11(17)18)14-12-10(6-13)7(2)8(3)15-16-12/h9H,4-5H2,1-3H3,(H,14,16)(H,17,18). The van der Waals surface area contributed by atoms with Crippen LogP contribution in [0.2, 0.25) is 0 Å². The van der Waals surface area contributed by atoms with Gasteiger partial charge >= 0.3 is 5.97 Å². The second-order valence-electron chi connectivity index (χ2n) is 4.09. The minimum Gasteiger partial charge on any atom is -0.481 e. The zero-order chi connectivity index (χ0) is 13.7. The van der Waals surface area contributed by atoms with Gasteiger partial charge in [0.1, 0.15) is 11.6 Å². The summed E-state index contributed by atoms with van der Waals surface area (Å²) in [5.41, 5.74) is 1.88. The van der Waals surface area contributed by atoms with Gasteiger partial charge in [0.2, 0.25) is 0 Å². The van der Waals surface area contributed by atoms with Crippen LogP contribution in [0.5, 0.6) is 0 Å². The van der Waals surface area contributed by atoms with E-state index in [-0.39, 0.29) is 12.5 Å². The van der Waals surface area contributed by atoms with Gasteiger partial charge in [0.25, 0.3) is 0 Å². The largest absolute Gasteiger partial charge is 0.481 e. The Bertz CT molecular complexity index is 494. The van der Waals surface area contributed by atoms with Crippen LogP contribution >= 0.6 is 0 Å². The highest BCUT2D eigenvalue weighted by Crippen LogP contribution is 2.19. The summed E-state index contributed by atoms with van der Waals surface area (Å²) in [5.74, 6) is -0.529. The summed E-state index contributed by atoms with van der Waals surface area (Å²) in [7, 11) is 0. The molecule has 1 aromatic heterocycles. The second kappa shape index (κ2) is 5.96. The molecule has 0 bridgehead atoms. The van der Waals surface area contributed by atoms with Crippen molar-refractivity contribution in [3.8, 4) is 6.07 Å². The number of rotatable bonds is 5. The van der Waals surface area contributed by atoms with E-state index in [4.69, 9.17) is 10.4 Å².